The fourth-order valence-corrected chi connectivity index (χ4v) is 17.0. The summed E-state index contributed by atoms with van der Waals surface area (Å²) < 4.78 is 55.0. The van der Waals surface area contributed by atoms with E-state index in [9.17, 15) is 29.7 Å². The highest BCUT2D eigenvalue weighted by atomic mass is 16.5. The molecule has 11 rings (SSSR count). The van der Waals surface area contributed by atoms with Crippen LogP contribution in [0.3, 0.4) is 0 Å². The van der Waals surface area contributed by atoms with E-state index in [-0.39, 0.29) is 23.5 Å². The van der Waals surface area contributed by atoms with Crippen LogP contribution >= 0.6 is 0 Å². The molecule has 0 radical (unpaired) electrons. The van der Waals surface area contributed by atoms with Gasteiger partial charge in [0, 0.05) is 67.2 Å². The van der Waals surface area contributed by atoms with Gasteiger partial charge in [-0.3, -0.25) is 14.4 Å². The lowest BCUT2D eigenvalue weighted by Crippen LogP contribution is -2.36. The molecule has 0 spiro atoms. The average Bonchev–Trinajstić information content (AvgIpc) is 0.834. The summed E-state index contributed by atoms with van der Waals surface area (Å²) in [5, 5.41) is 30.9. The number of aliphatic hydroxyl groups excluding tert-OH is 1. The van der Waals surface area contributed by atoms with Crippen LogP contribution in [0.2, 0.25) is 0 Å². The number of aliphatic hydroxyl groups is 3. The lowest BCUT2D eigenvalue weighted by molar-refractivity contribution is -0.128. The van der Waals surface area contributed by atoms with Crippen LogP contribution in [-0.4, -0.2) is 150 Å². The molecule has 3 saturated carbocycles. The van der Waals surface area contributed by atoms with Crippen molar-refractivity contribution in [3.63, 3.8) is 0 Å². The Morgan fingerprint density at radius 3 is 0.854 bits per heavy atom. The smallest absolute Gasteiger partial charge is 0.222 e. The van der Waals surface area contributed by atoms with Crippen molar-refractivity contribution in [2.24, 2.45) is 11.7 Å². The van der Waals surface area contributed by atoms with Gasteiger partial charge in [0.2, 0.25) is 11.8 Å². The fourth-order valence-electron chi connectivity index (χ4n) is 17.0. The largest absolute Gasteiger partial charge is 0.494 e. The molecule has 18 heteroatoms. The van der Waals surface area contributed by atoms with Crippen LogP contribution in [-0.2, 0) is 75.2 Å². The maximum Gasteiger partial charge on any atom is 0.222 e. The van der Waals surface area contributed by atoms with E-state index in [0.29, 0.717) is 31.0 Å². The highest BCUT2D eigenvalue weighted by molar-refractivity contribution is 5.78. The maximum atomic E-state index is 11.4. The van der Waals surface area contributed by atoms with Crippen LogP contribution in [0, 0.1) is 5.92 Å². The molecule has 5 N–H and O–H groups in total. The van der Waals surface area contributed by atoms with E-state index in [0.717, 1.165) is 324 Å². The Labute approximate surface area is 872 Å². The van der Waals surface area contributed by atoms with E-state index in [1.54, 1.807) is 33.2 Å². The van der Waals surface area contributed by atoms with Crippen molar-refractivity contribution in [1.82, 2.24) is 4.90 Å². The van der Waals surface area contributed by atoms with E-state index in [1.165, 1.54) is 122 Å². The first-order valence-electron chi connectivity index (χ1n) is 55.9. The Morgan fingerprint density at radius 1 is 0.312 bits per heavy atom. The van der Waals surface area contributed by atoms with E-state index >= 15 is 0 Å². The van der Waals surface area contributed by atoms with Crippen molar-refractivity contribution < 1.29 is 77.1 Å². The van der Waals surface area contributed by atoms with Gasteiger partial charge in [-0.15, -0.1) is 0 Å². The van der Waals surface area contributed by atoms with E-state index in [2.05, 4.69) is 177 Å². The number of aryl methyl sites for hydroxylation is 8. The maximum absolute atomic E-state index is 11.4. The van der Waals surface area contributed by atoms with Gasteiger partial charge in [0.05, 0.1) is 70.2 Å². The Hall–Kier alpha value is -9.43. The number of nitrogens with zero attached hydrogens (tertiary/aromatic N) is 1. The molecule has 18 nitrogen and oxygen atoms in total. The number of benzene rings is 8. The Bertz CT molecular complexity index is 4500. The minimum absolute atomic E-state index is 0.0757. The lowest BCUT2D eigenvalue weighted by atomic mass is 9.76. The summed E-state index contributed by atoms with van der Waals surface area (Å²) in [6.45, 7) is 26.8. The predicted octanol–water partition coefficient (Wildman–Crippen LogP) is 29.6. The molecule has 2 unspecified atom stereocenters. The third-order valence-electron chi connectivity index (χ3n) is 25.7. The van der Waals surface area contributed by atoms with E-state index in [1.807, 2.05) is 79.7 Å². The molecule has 0 saturated heterocycles. The molecule has 3 aliphatic rings. The molecule has 0 heterocycles. The normalized spacial score (nSPS) is 14.1. The van der Waals surface area contributed by atoms with Gasteiger partial charge >= 0.3 is 0 Å². The number of rotatable bonds is 60. The Balaban J connectivity index is 0.000000343. The molecule has 0 aromatic heterocycles. The predicted molar refractivity (Wildman–Crippen MR) is 597 cm³/mol. The molecular weight excluding hydrogens is 1800 g/mol. The number of amides is 2. The zero-order valence-corrected chi connectivity index (χ0v) is 91.8. The van der Waals surface area contributed by atoms with Gasteiger partial charge in [0.1, 0.15) is 51.8 Å². The third kappa shape index (κ3) is 63.2. The van der Waals surface area contributed by atoms with Crippen molar-refractivity contribution in [3.05, 3.63) is 239 Å². The van der Waals surface area contributed by atoms with Gasteiger partial charge in [-0.1, -0.05) is 211 Å². The van der Waals surface area contributed by atoms with Gasteiger partial charge in [-0.25, -0.2) is 0 Å². The summed E-state index contributed by atoms with van der Waals surface area (Å²) in [5.74, 6) is 8.57. The van der Waals surface area contributed by atoms with Crippen molar-refractivity contribution >= 4 is 17.6 Å². The molecule has 3 aliphatic carbocycles. The first kappa shape index (κ1) is 127. The molecule has 8 aromatic carbocycles. The average molecular weight is 1990 g/mol. The highest BCUT2D eigenvalue weighted by Gasteiger charge is 2.34. The summed E-state index contributed by atoms with van der Waals surface area (Å²) >= 11 is 0. The summed E-state index contributed by atoms with van der Waals surface area (Å²) in [5.41, 5.74) is 14.7. The van der Waals surface area contributed by atoms with Gasteiger partial charge in [-0.05, 0) is 379 Å². The lowest BCUT2D eigenvalue weighted by Gasteiger charge is -2.36. The number of unbranched alkanes of at least 4 members (excludes halogenated alkanes) is 6. The van der Waals surface area contributed by atoms with Gasteiger partial charge < -0.3 is 73.3 Å². The second-order valence-electron chi connectivity index (χ2n) is 39.2. The monoisotopic (exact) mass is 1990 g/mol. The fraction of sp³-hybridized carbons (Fsp3) is 0.595. The topological polar surface area (TPSA) is 233 Å². The van der Waals surface area contributed by atoms with Gasteiger partial charge in [0.25, 0.3) is 0 Å². The first-order valence-corrected chi connectivity index (χ1v) is 55.9. The SMILES string of the molecule is CCCOc1cccc(CCC2(O)CCC2)c1.CCCOc1cccc(CCC2(O)CCCCCCC2)c1.CCCOc1cccc(CCC2CCCCC2O)c1.CCCOc1cccc(CCCCC(=O)CC)c1.CCCOc1cccc(CCCCC(=O)N(C)C)c1.CCCOc1cccc(CCCCC(N)=O)c1.CCCOc1cccc(CCCCCOC)c1.CCCOc1cccc(CCCCOC)c1. The highest BCUT2D eigenvalue weighted by Crippen LogP contribution is 2.37. The number of carbonyl (C=O) groups excluding carboxylic acids is 3. The van der Waals surface area contributed by atoms with Crippen molar-refractivity contribution in [2.75, 3.05) is 94.4 Å². The molecule has 3 fully saturated rings. The summed E-state index contributed by atoms with van der Waals surface area (Å²) in [6, 6.07) is 66.5. The molecule has 0 bridgehead atoms. The van der Waals surface area contributed by atoms with Gasteiger partial charge in [-0.2, -0.15) is 0 Å². The summed E-state index contributed by atoms with van der Waals surface area (Å²) in [6.07, 6.45) is 49.5. The molecule has 0 aliphatic heterocycles. The zero-order chi connectivity index (χ0) is 104. The Morgan fingerprint density at radius 2 is 0.576 bits per heavy atom. The zero-order valence-electron chi connectivity index (χ0n) is 91.8. The minimum Gasteiger partial charge on any atom is -0.494 e. The molecular formula is C126H194N2O16. The quantitative estimate of drug-likeness (QED) is 0.0260. The number of primary amides is 1. The van der Waals surface area contributed by atoms with Crippen molar-refractivity contribution in [1.29, 1.82) is 0 Å². The standard InChI is InChI=1S/C19H30O2.C17H26O2.C16H25NO2.C16H24O2.C15H22O2.C15H24O2.C14H21NO2.C14H22O2/c1-2-15-21-18-10-8-9-17(16-18)11-14-19(20)12-6-4-3-5-7-13-19;1-2-12-19-16-8-5-6-14(13-16)10-11-15-7-3-4-9-17(15)18;1-4-12-19-15-10-7-9-14(13-15)8-5-6-11-16(18)17(2)3;1-3-12-18-16-11-7-9-14(13-16)8-5-6-10-15(17)4-2;1-2-11-17-14-6-3-5-13(12-14)7-10-15(16)8-4-9-15;1-3-11-17-15-10-7-9-14(13-15)8-5-4-6-12-16-2;1-2-10-17-13-8-5-7-12(11-13)6-3-4-9-14(15)16;1-3-10-16-14-9-6-8-13(12-14)7-4-5-11-15-2/h8-10,16,20H,2-7,11-15H2,1H3;5-6,8,13,15,17-18H,2-4,7,9-12H2,1H3;7,9-10,13H,4-6,8,11-12H2,1-3H3;7,9,11,13H,3-6,8,10,12H2,1-2H3;3,5-6,12,16H,2,4,7-11H2,1H3;7,9-10,13H,3-6,8,11-12H2,1-2H3;5,7-8,11H,2-4,6,9-10H2,1H3,(H2,15,16);6,8-9,12H,3-5,7,10-11H2,1-2H3. The molecule has 144 heavy (non-hydrogen) atoms. The van der Waals surface area contributed by atoms with Crippen LogP contribution in [0.5, 0.6) is 46.0 Å². The van der Waals surface area contributed by atoms with Gasteiger partial charge in [0.15, 0.2) is 0 Å². The first-order chi connectivity index (χ1) is 70.1. The number of ether oxygens (including phenoxy) is 10. The number of hydrogen-bond donors (Lipinski definition) is 4. The van der Waals surface area contributed by atoms with Crippen LogP contribution in [0.15, 0.2) is 194 Å². The van der Waals surface area contributed by atoms with Crippen LogP contribution in [0.4, 0.5) is 0 Å². The van der Waals surface area contributed by atoms with Crippen molar-refractivity contribution in [3.8, 4) is 46.0 Å². The second-order valence-corrected chi connectivity index (χ2v) is 39.2. The summed E-state index contributed by atoms with van der Waals surface area (Å²) in [7, 11) is 7.11. The number of methoxy groups -OCH3 is 2. The van der Waals surface area contributed by atoms with Crippen LogP contribution in [0.25, 0.3) is 0 Å². The second kappa shape index (κ2) is 82.6. The molecule has 804 valence electrons. The number of Topliss-reactive ketones (excluding diaryl/α,β-unsaturated/α-hetero) is 1. The molecule has 2 atom stereocenters. The number of carbonyl (C=O) groups is 3. The third-order valence-corrected chi connectivity index (χ3v) is 25.7. The van der Waals surface area contributed by atoms with Crippen LogP contribution in [0.1, 0.15) is 364 Å². The molecule has 8 aromatic rings. The van der Waals surface area contributed by atoms with Crippen LogP contribution < -0.4 is 43.6 Å². The van der Waals surface area contributed by atoms with E-state index < -0.39 is 5.60 Å². The number of hydrogen-bond acceptors (Lipinski definition) is 16. The van der Waals surface area contributed by atoms with E-state index in [4.69, 9.17) is 53.1 Å². The molecule has 2 amide bonds. The minimum atomic E-state index is -0.444. The Kier molecular flexibility index (Phi) is 72.8. The van der Waals surface area contributed by atoms with Crippen molar-refractivity contribution in [2.45, 2.75) is 388 Å². The number of nitrogens with two attached hydrogens (primary N) is 1. The summed E-state index contributed by atoms with van der Waals surface area (Å²) in [4.78, 5) is 34.8. The number of ketones is 1.